The lowest BCUT2D eigenvalue weighted by Crippen LogP contribution is -2.24. The van der Waals surface area contributed by atoms with E-state index in [1.165, 1.54) is 10.6 Å². The Bertz CT molecular complexity index is 476. The lowest BCUT2D eigenvalue weighted by molar-refractivity contribution is 0.588. The Hall–Kier alpha value is -0.230. The minimum Gasteiger partial charge on any atom is -0.314 e. The maximum atomic E-state index is 4.66. The molecule has 0 aromatic carbocycles. The average molecular weight is 331 g/mol. The predicted molar refractivity (Wildman–Crippen MR) is 80.0 cm³/mol. The number of hydrogen-bond donors (Lipinski definition) is 1. The molecular formula is C12H15BrN2S2. The Labute approximate surface area is 118 Å². The molecule has 0 spiro atoms. The van der Waals surface area contributed by atoms with Crippen LogP contribution in [0.4, 0.5) is 0 Å². The molecule has 2 nitrogen and oxygen atoms in total. The van der Waals surface area contributed by atoms with Crippen molar-refractivity contribution < 1.29 is 0 Å². The lowest BCUT2D eigenvalue weighted by atomic mass is 10.3. The molecule has 0 amide bonds. The molecule has 5 heteroatoms. The van der Waals surface area contributed by atoms with Crippen molar-refractivity contribution in [2.45, 2.75) is 26.3 Å². The molecule has 0 unspecified atom stereocenters. The number of halogens is 1. The minimum absolute atomic E-state index is 0.543. The third-order valence-electron chi connectivity index (χ3n) is 2.26. The van der Waals surface area contributed by atoms with Crippen molar-refractivity contribution in [3.05, 3.63) is 27.0 Å². The Morgan fingerprint density at radius 2 is 2.18 bits per heavy atom. The van der Waals surface area contributed by atoms with Gasteiger partial charge in [0.25, 0.3) is 0 Å². The van der Waals surface area contributed by atoms with Crippen molar-refractivity contribution in [3.8, 4) is 9.88 Å². The van der Waals surface area contributed by atoms with Crippen molar-refractivity contribution in [2.24, 2.45) is 0 Å². The van der Waals surface area contributed by atoms with Gasteiger partial charge in [-0.25, -0.2) is 4.98 Å². The van der Waals surface area contributed by atoms with Gasteiger partial charge < -0.3 is 5.32 Å². The molecule has 2 aromatic heterocycles. The third kappa shape index (κ3) is 3.88. The molecule has 0 fully saturated rings. The fraction of sp³-hybridized carbons (Fsp3) is 0.417. The zero-order valence-electron chi connectivity index (χ0n) is 9.87. The first-order valence-electron chi connectivity index (χ1n) is 5.57. The van der Waals surface area contributed by atoms with Crippen LogP contribution in [0.2, 0.25) is 0 Å². The molecule has 2 rings (SSSR count). The first-order valence-corrected chi connectivity index (χ1v) is 8.12. The van der Waals surface area contributed by atoms with Gasteiger partial charge in [0.2, 0.25) is 0 Å². The molecule has 2 aromatic rings. The van der Waals surface area contributed by atoms with Crippen molar-refractivity contribution in [1.29, 1.82) is 0 Å². The van der Waals surface area contributed by atoms with Gasteiger partial charge >= 0.3 is 0 Å². The van der Waals surface area contributed by atoms with E-state index in [4.69, 9.17) is 0 Å². The molecule has 0 bridgehead atoms. The van der Waals surface area contributed by atoms with Gasteiger partial charge in [-0.3, -0.25) is 0 Å². The first kappa shape index (κ1) is 13.2. The summed E-state index contributed by atoms with van der Waals surface area (Å²) in [6.45, 7) is 5.32. The largest absolute Gasteiger partial charge is 0.314 e. The maximum Gasteiger partial charge on any atom is 0.133 e. The van der Waals surface area contributed by atoms with Crippen molar-refractivity contribution in [2.75, 3.05) is 6.54 Å². The molecule has 0 aliphatic carbocycles. The van der Waals surface area contributed by atoms with E-state index >= 15 is 0 Å². The van der Waals surface area contributed by atoms with Crippen molar-refractivity contribution >= 4 is 38.6 Å². The van der Waals surface area contributed by atoms with Crippen LogP contribution in [0, 0.1) is 0 Å². The second-order valence-corrected chi connectivity index (χ2v) is 6.82. The Morgan fingerprint density at radius 3 is 2.82 bits per heavy atom. The predicted octanol–water partition coefficient (Wildman–Crippen LogP) is 4.17. The number of nitrogens with one attached hydrogen (secondary N) is 1. The molecule has 17 heavy (non-hydrogen) atoms. The maximum absolute atomic E-state index is 4.66. The van der Waals surface area contributed by atoms with Gasteiger partial charge in [0.05, 0.1) is 10.6 Å². The summed E-state index contributed by atoms with van der Waals surface area (Å²) >= 11 is 6.93. The first-order chi connectivity index (χ1) is 8.15. The highest BCUT2D eigenvalue weighted by Gasteiger charge is 2.07. The zero-order valence-corrected chi connectivity index (χ0v) is 13.1. The normalized spacial score (nSPS) is 11.3. The van der Waals surface area contributed by atoms with E-state index in [-0.39, 0.29) is 0 Å². The monoisotopic (exact) mass is 330 g/mol. The summed E-state index contributed by atoms with van der Waals surface area (Å²) in [6.07, 6.45) is 1.00. The summed E-state index contributed by atoms with van der Waals surface area (Å²) in [7, 11) is 0. The van der Waals surface area contributed by atoms with Crippen LogP contribution in [0.25, 0.3) is 9.88 Å². The second-order valence-electron chi connectivity index (χ2n) is 4.13. The average Bonchev–Trinajstić information content (AvgIpc) is 2.86. The van der Waals surface area contributed by atoms with Crippen LogP contribution in [-0.2, 0) is 6.42 Å². The van der Waals surface area contributed by atoms with Crippen LogP contribution >= 0.6 is 38.6 Å². The van der Waals surface area contributed by atoms with E-state index in [9.17, 15) is 0 Å². The van der Waals surface area contributed by atoms with Crippen molar-refractivity contribution in [3.63, 3.8) is 0 Å². The van der Waals surface area contributed by atoms with Gasteiger partial charge in [-0.15, -0.1) is 22.7 Å². The molecule has 0 saturated heterocycles. The van der Waals surface area contributed by atoms with E-state index in [1.807, 2.05) is 0 Å². The van der Waals surface area contributed by atoms with E-state index in [1.54, 1.807) is 22.7 Å². The van der Waals surface area contributed by atoms with Gasteiger partial charge in [0.1, 0.15) is 5.01 Å². The third-order valence-corrected chi connectivity index (χ3v) is 5.02. The minimum atomic E-state index is 0.543. The van der Waals surface area contributed by atoms with E-state index in [0.29, 0.717) is 6.04 Å². The molecule has 0 aliphatic heterocycles. The summed E-state index contributed by atoms with van der Waals surface area (Å²) in [4.78, 5) is 5.90. The molecule has 1 N–H and O–H groups in total. The number of nitrogens with zero attached hydrogens (tertiary/aromatic N) is 1. The van der Waals surface area contributed by atoms with E-state index in [0.717, 1.165) is 22.4 Å². The van der Waals surface area contributed by atoms with Gasteiger partial charge in [-0.2, -0.15) is 0 Å². The van der Waals surface area contributed by atoms with E-state index in [2.05, 4.69) is 56.9 Å². The number of rotatable bonds is 5. The van der Waals surface area contributed by atoms with Crippen molar-refractivity contribution in [1.82, 2.24) is 10.3 Å². The second kappa shape index (κ2) is 6.09. The van der Waals surface area contributed by atoms with Crippen LogP contribution in [0.5, 0.6) is 0 Å². The topological polar surface area (TPSA) is 24.9 Å². The highest BCUT2D eigenvalue weighted by atomic mass is 79.9. The molecule has 0 radical (unpaired) electrons. The smallest absolute Gasteiger partial charge is 0.133 e. The lowest BCUT2D eigenvalue weighted by Gasteiger charge is -2.05. The molecule has 0 saturated carbocycles. The fourth-order valence-corrected chi connectivity index (χ4v) is 3.81. The molecule has 92 valence electrons. The molecule has 2 heterocycles. The van der Waals surface area contributed by atoms with Crippen LogP contribution < -0.4 is 5.32 Å². The Kier molecular flexibility index (Phi) is 4.73. The summed E-state index contributed by atoms with van der Waals surface area (Å²) < 4.78 is 1.13. The summed E-state index contributed by atoms with van der Waals surface area (Å²) in [5.74, 6) is 0. The Morgan fingerprint density at radius 1 is 1.35 bits per heavy atom. The number of hydrogen-bond acceptors (Lipinski definition) is 4. The standard InChI is InChI=1S/C12H15BrN2S2/c1-8(2)14-4-3-10-7-17-12(15-10)11-5-9(13)6-16-11/h5-8,14H,3-4H2,1-2H3. The Balaban J connectivity index is 1.96. The van der Waals surface area contributed by atoms with Crippen LogP contribution in [0.3, 0.4) is 0 Å². The van der Waals surface area contributed by atoms with E-state index < -0.39 is 0 Å². The quantitative estimate of drug-likeness (QED) is 0.889. The van der Waals surface area contributed by atoms with Gasteiger partial charge in [0.15, 0.2) is 0 Å². The van der Waals surface area contributed by atoms with Gasteiger partial charge in [-0.05, 0) is 22.0 Å². The molecule has 0 atom stereocenters. The summed E-state index contributed by atoms with van der Waals surface area (Å²) in [5.41, 5.74) is 1.18. The molecule has 0 aliphatic rings. The highest BCUT2D eigenvalue weighted by Crippen LogP contribution is 2.31. The number of thiazole rings is 1. The van der Waals surface area contributed by atoms with Crippen LogP contribution in [0.1, 0.15) is 19.5 Å². The highest BCUT2D eigenvalue weighted by molar-refractivity contribution is 9.10. The zero-order chi connectivity index (χ0) is 12.3. The molecular weight excluding hydrogens is 316 g/mol. The van der Waals surface area contributed by atoms with Crippen LogP contribution in [0.15, 0.2) is 21.3 Å². The van der Waals surface area contributed by atoms with Crippen LogP contribution in [-0.4, -0.2) is 17.6 Å². The van der Waals surface area contributed by atoms with Gasteiger partial charge in [0, 0.05) is 34.2 Å². The van der Waals surface area contributed by atoms with Gasteiger partial charge in [-0.1, -0.05) is 13.8 Å². The fourth-order valence-electron chi connectivity index (χ4n) is 1.45. The SMILES string of the molecule is CC(C)NCCc1csc(-c2cc(Br)cs2)n1. The number of aromatic nitrogens is 1. The summed E-state index contributed by atoms with van der Waals surface area (Å²) in [5, 5.41) is 8.78. The number of thiophene rings is 1. The summed E-state index contributed by atoms with van der Waals surface area (Å²) in [6, 6.07) is 2.67.